The third kappa shape index (κ3) is 4.70. The van der Waals surface area contributed by atoms with Gasteiger partial charge in [-0.2, -0.15) is 0 Å². The highest BCUT2D eigenvalue weighted by molar-refractivity contribution is 5.94. The molecule has 0 atom stereocenters. The highest BCUT2D eigenvalue weighted by atomic mass is 16.2. The molecule has 138 valence electrons. The van der Waals surface area contributed by atoms with Crippen LogP contribution in [0.4, 0.5) is 0 Å². The lowest BCUT2D eigenvalue weighted by Gasteiger charge is -2.33. The number of aromatic nitrogens is 2. The molecule has 2 aromatic heterocycles. The molecule has 0 bridgehead atoms. The Morgan fingerprint density at radius 2 is 1.89 bits per heavy atom. The lowest BCUT2D eigenvalue weighted by atomic mass is 9.81. The SMILES string of the molecule is Cc1ccc(C(=O)NC2(C#Cc3cncc(C(N)=O)c3)CCCCC2)cn1. The molecule has 0 spiro atoms. The Labute approximate surface area is 158 Å². The van der Waals surface area contributed by atoms with Crippen molar-refractivity contribution in [3.63, 3.8) is 0 Å². The molecule has 1 fully saturated rings. The van der Waals surface area contributed by atoms with Crippen molar-refractivity contribution in [1.82, 2.24) is 15.3 Å². The summed E-state index contributed by atoms with van der Waals surface area (Å²) in [6.45, 7) is 1.88. The average molecular weight is 362 g/mol. The van der Waals surface area contributed by atoms with Crippen molar-refractivity contribution in [3.8, 4) is 11.8 Å². The van der Waals surface area contributed by atoms with Gasteiger partial charge in [0, 0.05) is 29.8 Å². The van der Waals surface area contributed by atoms with Crippen LogP contribution in [-0.2, 0) is 0 Å². The molecule has 2 aromatic rings. The van der Waals surface area contributed by atoms with Crippen molar-refractivity contribution in [3.05, 3.63) is 59.2 Å². The first-order valence-corrected chi connectivity index (χ1v) is 9.01. The van der Waals surface area contributed by atoms with Crippen LogP contribution in [0.3, 0.4) is 0 Å². The second-order valence-corrected chi connectivity index (χ2v) is 6.86. The normalized spacial score (nSPS) is 15.3. The van der Waals surface area contributed by atoms with Gasteiger partial charge in [0.15, 0.2) is 0 Å². The van der Waals surface area contributed by atoms with E-state index < -0.39 is 11.4 Å². The van der Waals surface area contributed by atoms with Gasteiger partial charge in [-0.25, -0.2) is 0 Å². The topological polar surface area (TPSA) is 98.0 Å². The van der Waals surface area contributed by atoms with E-state index in [1.54, 1.807) is 24.5 Å². The number of primary amides is 1. The highest BCUT2D eigenvalue weighted by Crippen LogP contribution is 2.28. The van der Waals surface area contributed by atoms with E-state index in [0.29, 0.717) is 16.7 Å². The maximum Gasteiger partial charge on any atom is 0.254 e. The van der Waals surface area contributed by atoms with Gasteiger partial charge >= 0.3 is 0 Å². The molecule has 2 heterocycles. The molecule has 0 aromatic carbocycles. The first kappa shape index (κ1) is 18.6. The number of hydrogen-bond acceptors (Lipinski definition) is 4. The van der Waals surface area contributed by atoms with Gasteiger partial charge in [0.2, 0.25) is 5.91 Å². The average Bonchev–Trinajstić information content (AvgIpc) is 2.68. The molecule has 0 saturated heterocycles. The zero-order valence-corrected chi connectivity index (χ0v) is 15.3. The van der Waals surface area contributed by atoms with Gasteiger partial charge in [-0.15, -0.1) is 0 Å². The number of rotatable bonds is 3. The van der Waals surface area contributed by atoms with E-state index in [2.05, 4.69) is 27.1 Å². The lowest BCUT2D eigenvalue weighted by Crippen LogP contribution is -2.48. The first-order chi connectivity index (χ1) is 13.0. The van der Waals surface area contributed by atoms with Crippen LogP contribution >= 0.6 is 0 Å². The Bertz CT molecular complexity index is 904. The van der Waals surface area contributed by atoms with Crippen molar-refractivity contribution in [2.24, 2.45) is 5.73 Å². The maximum absolute atomic E-state index is 12.7. The Hall–Kier alpha value is -3.20. The zero-order valence-electron chi connectivity index (χ0n) is 15.3. The molecule has 1 saturated carbocycles. The molecule has 3 N–H and O–H groups in total. The van der Waals surface area contributed by atoms with Crippen LogP contribution in [0, 0.1) is 18.8 Å². The fraction of sp³-hybridized carbons (Fsp3) is 0.333. The zero-order chi connectivity index (χ0) is 19.3. The molecular weight excluding hydrogens is 340 g/mol. The number of aryl methyl sites for hydroxylation is 1. The summed E-state index contributed by atoms with van der Waals surface area (Å²) in [5.41, 5.74) is 7.00. The summed E-state index contributed by atoms with van der Waals surface area (Å²) in [4.78, 5) is 32.2. The van der Waals surface area contributed by atoms with Crippen molar-refractivity contribution in [2.45, 2.75) is 44.6 Å². The Balaban J connectivity index is 1.85. The third-order valence-electron chi connectivity index (χ3n) is 4.70. The fourth-order valence-corrected chi connectivity index (χ4v) is 3.16. The van der Waals surface area contributed by atoms with E-state index in [1.165, 1.54) is 6.20 Å². The fourth-order valence-electron chi connectivity index (χ4n) is 3.16. The van der Waals surface area contributed by atoms with Gasteiger partial charge in [-0.05, 0) is 38.0 Å². The van der Waals surface area contributed by atoms with Gasteiger partial charge in [0.25, 0.3) is 5.91 Å². The van der Waals surface area contributed by atoms with E-state index in [1.807, 2.05) is 13.0 Å². The smallest absolute Gasteiger partial charge is 0.254 e. The second-order valence-electron chi connectivity index (χ2n) is 6.86. The summed E-state index contributed by atoms with van der Waals surface area (Å²) in [5, 5.41) is 3.11. The van der Waals surface area contributed by atoms with E-state index in [-0.39, 0.29) is 5.91 Å². The molecule has 27 heavy (non-hydrogen) atoms. The quantitative estimate of drug-likeness (QED) is 0.819. The minimum absolute atomic E-state index is 0.178. The Morgan fingerprint density at radius 1 is 1.11 bits per heavy atom. The van der Waals surface area contributed by atoms with Gasteiger partial charge in [-0.3, -0.25) is 19.6 Å². The minimum atomic E-state index is -0.594. The summed E-state index contributed by atoms with van der Waals surface area (Å²) in [5.74, 6) is 5.58. The van der Waals surface area contributed by atoms with E-state index in [0.717, 1.165) is 37.8 Å². The van der Waals surface area contributed by atoms with Crippen LogP contribution in [0.1, 0.15) is 64.1 Å². The van der Waals surface area contributed by atoms with E-state index in [9.17, 15) is 9.59 Å². The number of carbonyl (C=O) groups is 2. The molecular formula is C21H22N4O2. The molecule has 3 rings (SSSR count). The van der Waals surface area contributed by atoms with Gasteiger partial charge in [0.1, 0.15) is 5.54 Å². The minimum Gasteiger partial charge on any atom is -0.366 e. The number of nitrogens with two attached hydrogens (primary N) is 1. The van der Waals surface area contributed by atoms with Crippen LogP contribution < -0.4 is 11.1 Å². The van der Waals surface area contributed by atoms with E-state index >= 15 is 0 Å². The molecule has 0 unspecified atom stereocenters. The highest BCUT2D eigenvalue weighted by Gasteiger charge is 2.32. The monoisotopic (exact) mass is 362 g/mol. The summed E-state index contributed by atoms with van der Waals surface area (Å²) in [6.07, 6.45) is 9.28. The third-order valence-corrected chi connectivity index (χ3v) is 4.70. The van der Waals surface area contributed by atoms with Crippen LogP contribution in [0.2, 0.25) is 0 Å². The number of carbonyl (C=O) groups excluding carboxylic acids is 2. The van der Waals surface area contributed by atoms with Crippen molar-refractivity contribution < 1.29 is 9.59 Å². The van der Waals surface area contributed by atoms with Crippen LogP contribution in [0.25, 0.3) is 0 Å². The second kappa shape index (κ2) is 8.00. The number of pyridine rings is 2. The van der Waals surface area contributed by atoms with Crippen molar-refractivity contribution in [2.75, 3.05) is 0 Å². The van der Waals surface area contributed by atoms with Crippen LogP contribution in [0.5, 0.6) is 0 Å². The summed E-state index contributed by atoms with van der Waals surface area (Å²) in [6, 6.07) is 5.20. The molecule has 0 aliphatic heterocycles. The molecule has 2 amide bonds. The Morgan fingerprint density at radius 3 is 2.56 bits per heavy atom. The van der Waals surface area contributed by atoms with Gasteiger partial charge < -0.3 is 11.1 Å². The molecule has 6 heteroatoms. The molecule has 6 nitrogen and oxygen atoms in total. The summed E-state index contributed by atoms with van der Waals surface area (Å²) < 4.78 is 0. The number of hydrogen-bond donors (Lipinski definition) is 2. The lowest BCUT2D eigenvalue weighted by molar-refractivity contribution is 0.0902. The predicted octanol–water partition coefficient (Wildman–Crippen LogP) is 2.37. The summed E-state index contributed by atoms with van der Waals surface area (Å²) in [7, 11) is 0. The van der Waals surface area contributed by atoms with Gasteiger partial charge in [-0.1, -0.05) is 31.1 Å². The Kier molecular flexibility index (Phi) is 5.51. The van der Waals surface area contributed by atoms with Crippen LogP contribution in [0.15, 0.2) is 36.8 Å². The van der Waals surface area contributed by atoms with Crippen molar-refractivity contribution >= 4 is 11.8 Å². The largest absolute Gasteiger partial charge is 0.366 e. The number of nitrogens with one attached hydrogen (secondary N) is 1. The van der Waals surface area contributed by atoms with Crippen LogP contribution in [-0.4, -0.2) is 27.3 Å². The number of nitrogens with zero attached hydrogens (tertiary/aromatic N) is 2. The van der Waals surface area contributed by atoms with Gasteiger partial charge in [0.05, 0.1) is 11.1 Å². The molecule has 0 radical (unpaired) electrons. The maximum atomic E-state index is 12.7. The number of amides is 2. The summed E-state index contributed by atoms with van der Waals surface area (Å²) >= 11 is 0. The predicted molar refractivity (Wildman–Crippen MR) is 102 cm³/mol. The van der Waals surface area contributed by atoms with E-state index in [4.69, 9.17) is 5.73 Å². The first-order valence-electron chi connectivity index (χ1n) is 9.01. The van der Waals surface area contributed by atoms with Crippen molar-refractivity contribution in [1.29, 1.82) is 0 Å². The molecule has 1 aliphatic carbocycles. The standard InChI is InChI=1S/C21H22N4O2/c1-15-5-6-17(14-24-15)20(27)25-21(8-3-2-4-9-21)10-7-16-11-18(19(22)26)13-23-12-16/h5-6,11-14H,2-4,8-9H2,1H3,(H2,22,26)(H,25,27). The molecule has 1 aliphatic rings.